The molecule has 0 spiro atoms. The molecule has 3 saturated carbocycles. The molecule has 34 heavy (non-hydrogen) atoms. The van der Waals surface area contributed by atoms with E-state index in [2.05, 4.69) is 54.5 Å². The molecule has 4 rings (SSSR count). The molecule has 3 fully saturated rings. The summed E-state index contributed by atoms with van der Waals surface area (Å²) in [4.78, 5) is 13.0. The third-order valence-corrected chi connectivity index (χ3v) is 11.5. The van der Waals surface area contributed by atoms with E-state index in [4.69, 9.17) is 0 Å². The highest BCUT2D eigenvalue weighted by Gasteiger charge is 2.63. The Morgan fingerprint density at radius 1 is 1.00 bits per heavy atom. The molecular formula is C30H50O4. The SMILES string of the molecule is CCCC1C(C)(C)C(O)C(O)CC1(C)C1CC=C2C(C)(CCC3CCC(C)(C)CC23C(=O)O)C1. The molecular weight excluding hydrogens is 424 g/mol. The first-order valence-corrected chi connectivity index (χ1v) is 13.9. The summed E-state index contributed by atoms with van der Waals surface area (Å²) < 4.78 is 0. The van der Waals surface area contributed by atoms with Gasteiger partial charge in [-0.1, -0.05) is 66.5 Å². The lowest BCUT2D eigenvalue weighted by atomic mass is 9.42. The Morgan fingerprint density at radius 2 is 1.65 bits per heavy atom. The molecule has 4 aliphatic rings. The van der Waals surface area contributed by atoms with Crippen molar-refractivity contribution in [2.45, 2.75) is 125 Å². The van der Waals surface area contributed by atoms with Gasteiger partial charge in [-0.05, 0) is 97.2 Å². The molecule has 8 unspecified atom stereocenters. The van der Waals surface area contributed by atoms with Crippen LogP contribution in [0.15, 0.2) is 11.6 Å². The van der Waals surface area contributed by atoms with E-state index in [9.17, 15) is 20.1 Å². The van der Waals surface area contributed by atoms with Gasteiger partial charge in [-0.3, -0.25) is 4.79 Å². The number of carboxylic acid groups (broad SMARTS) is 1. The summed E-state index contributed by atoms with van der Waals surface area (Å²) in [5, 5.41) is 32.6. The standard InChI is InChI=1S/C30H50O4/c1-8-9-22-27(4,5)24(32)21(31)17-29(22,7)20-10-11-23-28(6,16-20)15-13-19-12-14-26(2,3)18-30(19,23)25(33)34/h11,19-22,24,31-32H,8-10,12-18H2,1-7H3,(H,33,34). The number of rotatable bonds is 4. The van der Waals surface area contributed by atoms with Gasteiger partial charge in [0, 0.05) is 0 Å². The maximum Gasteiger partial charge on any atom is 0.314 e. The van der Waals surface area contributed by atoms with Crippen LogP contribution >= 0.6 is 0 Å². The smallest absolute Gasteiger partial charge is 0.314 e. The van der Waals surface area contributed by atoms with Crippen LogP contribution in [0.4, 0.5) is 0 Å². The number of fused-ring (bicyclic) bond motifs is 3. The highest BCUT2D eigenvalue weighted by Crippen LogP contribution is 2.68. The van der Waals surface area contributed by atoms with Gasteiger partial charge in [0.2, 0.25) is 0 Å². The Kier molecular flexibility index (Phi) is 6.42. The summed E-state index contributed by atoms with van der Waals surface area (Å²) in [6.07, 6.45) is 10.5. The van der Waals surface area contributed by atoms with Crippen molar-refractivity contribution < 1.29 is 20.1 Å². The van der Waals surface area contributed by atoms with Gasteiger partial charge in [0.25, 0.3) is 0 Å². The van der Waals surface area contributed by atoms with Crippen molar-refractivity contribution in [2.24, 2.45) is 44.8 Å². The minimum Gasteiger partial charge on any atom is -0.481 e. The molecule has 0 bridgehead atoms. The van der Waals surface area contributed by atoms with E-state index in [0.29, 0.717) is 18.3 Å². The Hall–Kier alpha value is -0.870. The highest BCUT2D eigenvalue weighted by molar-refractivity contribution is 5.80. The molecule has 4 aliphatic carbocycles. The van der Waals surface area contributed by atoms with Crippen LogP contribution in [0.1, 0.15) is 113 Å². The minimum atomic E-state index is -0.717. The number of carboxylic acids is 1. The van der Waals surface area contributed by atoms with Crippen LogP contribution in [0.25, 0.3) is 0 Å². The van der Waals surface area contributed by atoms with Gasteiger partial charge in [-0.15, -0.1) is 0 Å². The van der Waals surface area contributed by atoms with Crippen molar-refractivity contribution in [1.29, 1.82) is 0 Å². The fraction of sp³-hybridized carbons (Fsp3) is 0.900. The van der Waals surface area contributed by atoms with Crippen molar-refractivity contribution >= 4 is 5.97 Å². The second-order valence-electron chi connectivity index (χ2n) is 14.6. The first-order chi connectivity index (χ1) is 15.6. The third kappa shape index (κ3) is 3.72. The zero-order chi connectivity index (χ0) is 25.3. The third-order valence-electron chi connectivity index (χ3n) is 11.5. The van der Waals surface area contributed by atoms with Crippen molar-refractivity contribution in [2.75, 3.05) is 0 Å². The van der Waals surface area contributed by atoms with Crippen molar-refractivity contribution in [3.8, 4) is 0 Å². The zero-order valence-electron chi connectivity index (χ0n) is 22.8. The first kappa shape index (κ1) is 26.2. The molecule has 0 aliphatic heterocycles. The zero-order valence-corrected chi connectivity index (χ0v) is 22.8. The average molecular weight is 475 g/mol. The lowest BCUT2D eigenvalue weighted by Gasteiger charge is -2.62. The summed E-state index contributed by atoms with van der Waals surface area (Å²) in [6.45, 7) is 15.7. The Bertz CT molecular complexity index is 843. The number of hydrogen-bond acceptors (Lipinski definition) is 3. The first-order valence-electron chi connectivity index (χ1n) is 13.9. The predicted octanol–water partition coefficient (Wildman–Crippen LogP) is 6.59. The molecule has 0 heterocycles. The molecule has 4 nitrogen and oxygen atoms in total. The number of hydrogen-bond donors (Lipinski definition) is 3. The summed E-state index contributed by atoms with van der Waals surface area (Å²) in [7, 11) is 0. The molecule has 0 saturated heterocycles. The second-order valence-corrected chi connectivity index (χ2v) is 14.6. The van der Waals surface area contributed by atoms with Crippen LogP contribution in [0.3, 0.4) is 0 Å². The van der Waals surface area contributed by atoms with Crippen LogP contribution in [-0.4, -0.2) is 33.5 Å². The highest BCUT2D eigenvalue weighted by atomic mass is 16.4. The molecule has 194 valence electrons. The van der Waals surface area contributed by atoms with Gasteiger partial charge in [0.15, 0.2) is 0 Å². The molecule has 3 N–H and O–H groups in total. The number of carbonyl (C=O) groups is 1. The van der Waals surface area contributed by atoms with Crippen LogP contribution in [0.2, 0.25) is 0 Å². The molecule has 0 aromatic rings. The summed E-state index contributed by atoms with van der Waals surface area (Å²) in [6, 6.07) is 0. The summed E-state index contributed by atoms with van der Waals surface area (Å²) in [5.41, 5.74) is 0.0277. The Morgan fingerprint density at radius 3 is 2.26 bits per heavy atom. The lowest BCUT2D eigenvalue weighted by molar-refractivity contribution is -0.183. The number of allylic oxidation sites excluding steroid dienone is 1. The maximum atomic E-state index is 13.0. The van der Waals surface area contributed by atoms with Crippen LogP contribution in [-0.2, 0) is 4.79 Å². The van der Waals surface area contributed by atoms with Crippen LogP contribution < -0.4 is 0 Å². The number of aliphatic carboxylic acids is 1. The summed E-state index contributed by atoms with van der Waals surface area (Å²) >= 11 is 0. The molecule has 8 atom stereocenters. The van der Waals surface area contributed by atoms with E-state index in [1.165, 1.54) is 5.57 Å². The van der Waals surface area contributed by atoms with E-state index < -0.39 is 23.6 Å². The van der Waals surface area contributed by atoms with E-state index in [0.717, 1.165) is 57.8 Å². The topological polar surface area (TPSA) is 77.8 Å². The molecule has 0 radical (unpaired) electrons. The van der Waals surface area contributed by atoms with Crippen LogP contribution in [0, 0.1) is 44.8 Å². The summed E-state index contributed by atoms with van der Waals surface area (Å²) in [5.74, 6) is 0.361. The fourth-order valence-corrected chi connectivity index (χ4v) is 9.76. The number of aliphatic hydroxyl groups excluding tert-OH is 2. The molecule has 0 aromatic heterocycles. The van der Waals surface area contributed by atoms with Crippen molar-refractivity contribution in [3.63, 3.8) is 0 Å². The minimum absolute atomic E-state index is 0.0523. The van der Waals surface area contributed by atoms with E-state index in [1.54, 1.807) is 0 Å². The van der Waals surface area contributed by atoms with E-state index >= 15 is 0 Å². The normalized spacial score (nSPS) is 47.8. The molecule has 4 heteroatoms. The average Bonchev–Trinajstić information content (AvgIpc) is 2.74. The quantitative estimate of drug-likeness (QED) is 0.401. The Balaban J connectivity index is 1.75. The predicted molar refractivity (Wildman–Crippen MR) is 136 cm³/mol. The Labute approximate surface area is 207 Å². The van der Waals surface area contributed by atoms with Gasteiger partial charge in [-0.2, -0.15) is 0 Å². The van der Waals surface area contributed by atoms with Gasteiger partial charge >= 0.3 is 5.97 Å². The van der Waals surface area contributed by atoms with E-state index in [1.807, 2.05) is 0 Å². The van der Waals surface area contributed by atoms with Gasteiger partial charge in [-0.25, -0.2) is 0 Å². The van der Waals surface area contributed by atoms with Crippen molar-refractivity contribution in [3.05, 3.63) is 11.6 Å². The lowest BCUT2D eigenvalue weighted by Crippen LogP contribution is -2.60. The monoisotopic (exact) mass is 474 g/mol. The molecule has 0 amide bonds. The van der Waals surface area contributed by atoms with Gasteiger partial charge < -0.3 is 15.3 Å². The van der Waals surface area contributed by atoms with Gasteiger partial charge in [0.05, 0.1) is 17.6 Å². The second kappa shape index (κ2) is 8.33. The fourth-order valence-electron chi connectivity index (χ4n) is 9.76. The van der Waals surface area contributed by atoms with Crippen LogP contribution in [0.5, 0.6) is 0 Å². The molecule has 0 aromatic carbocycles. The van der Waals surface area contributed by atoms with Crippen molar-refractivity contribution in [1.82, 2.24) is 0 Å². The number of aliphatic hydroxyl groups is 2. The maximum absolute atomic E-state index is 13.0. The van der Waals surface area contributed by atoms with E-state index in [-0.39, 0.29) is 27.6 Å². The van der Waals surface area contributed by atoms with Gasteiger partial charge in [0.1, 0.15) is 0 Å². The largest absolute Gasteiger partial charge is 0.481 e.